The Kier molecular flexibility index (Phi) is 7.19. The zero-order valence-corrected chi connectivity index (χ0v) is 24.3. The summed E-state index contributed by atoms with van der Waals surface area (Å²) in [6.07, 6.45) is 1.79. The quantitative estimate of drug-likeness (QED) is 0.325. The number of nitrogens with zero attached hydrogens (tertiary/aromatic N) is 5. The maximum atomic E-state index is 13.6. The minimum Gasteiger partial charge on any atom is -0.454 e. The van der Waals surface area contributed by atoms with Crippen LogP contribution in [0.1, 0.15) is 22.3 Å². The van der Waals surface area contributed by atoms with Gasteiger partial charge in [0.25, 0.3) is 11.5 Å². The van der Waals surface area contributed by atoms with Crippen molar-refractivity contribution in [3.05, 3.63) is 86.0 Å². The first-order valence-electron chi connectivity index (χ1n) is 13.2. The number of carbonyl (C=O) groups excluding carboxylic acids is 1. The first kappa shape index (κ1) is 26.9. The number of fused-ring (bicyclic) bond motifs is 1. The van der Waals surface area contributed by atoms with Crippen LogP contribution in [0.25, 0.3) is 6.08 Å². The Labute approximate surface area is 247 Å². The normalized spacial score (nSPS) is 17.5. The van der Waals surface area contributed by atoms with Gasteiger partial charge in [0.2, 0.25) is 6.79 Å². The number of pyridine rings is 1. The standard InChI is InChI=1S/C30H27N5O4S2/c1-19-22(15-26-29(37)35(30(40)41-26)17-20-8-9-24-25(14-20)39-18-38-24)27(32(2)28(36)23(19)16-31)34-12-10-33(11-13-34)21-6-4-3-5-7-21/h3-9,14-15H,10-13,17-18H2,1-2H3. The monoisotopic (exact) mass is 585 g/mol. The van der Waals surface area contributed by atoms with Gasteiger partial charge in [-0.05, 0) is 48.4 Å². The van der Waals surface area contributed by atoms with Crippen molar-refractivity contribution in [1.82, 2.24) is 9.47 Å². The number of amides is 1. The van der Waals surface area contributed by atoms with Gasteiger partial charge in [-0.1, -0.05) is 48.2 Å². The molecule has 0 radical (unpaired) electrons. The van der Waals surface area contributed by atoms with E-state index < -0.39 is 0 Å². The summed E-state index contributed by atoms with van der Waals surface area (Å²) in [7, 11) is 1.68. The molecule has 0 unspecified atom stereocenters. The van der Waals surface area contributed by atoms with Crippen LogP contribution in [-0.4, -0.2) is 52.7 Å². The van der Waals surface area contributed by atoms with E-state index in [0.717, 1.165) is 24.3 Å². The number of benzene rings is 2. The zero-order valence-electron chi connectivity index (χ0n) is 22.6. The fourth-order valence-corrected chi connectivity index (χ4v) is 6.64. The molecule has 41 heavy (non-hydrogen) atoms. The van der Waals surface area contributed by atoms with E-state index in [1.165, 1.54) is 16.3 Å². The summed E-state index contributed by atoms with van der Waals surface area (Å²) in [5.41, 5.74) is 2.98. The molecule has 0 atom stereocenters. The van der Waals surface area contributed by atoms with Crippen LogP contribution in [0.5, 0.6) is 11.5 Å². The highest BCUT2D eigenvalue weighted by Crippen LogP contribution is 2.38. The van der Waals surface area contributed by atoms with Crippen LogP contribution in [0.4, 0.5) is 11.5 Å². The van der Waals surface area contributed by atoms with Gasteiger partial charge in [0.05, 0.1) is 11.4 Å². The van der Waals surface area contributed by atoms with Crippen molar-refractivity contribution in [2.75, 3.05) is 42.8 Å². The third kappa shape index (κ3) is 4.94. The number of hydrogen-bond acceptors (Lipinski definition) is 9. The second-order valence-electron chi connectivity index (χ2n) is 9.98. The lowest BCUT2D eigenvalue weighted by molar-refractivity contribution is -0.122. The Morgan fingerprint density at radius 1 is 1.02 bits per heavy atom. The van der Waals surface area contributed by atoms with Crippen LogP contribution >= 0.6 is 24.0 Å². The van der Waals surface area contributed by atoms with Gasteiger partial charge in [-0.2, -0.15) is 5.26 Å². The highest BCUT2D eigenvalue weighted by atomic mass is 32.2. The highest BCUT2D eigenvalue weighted by molar-refractivity contribution is 8.26. The number of ether oxygens (including phenoxy) is 2. The van der Waals surface area contributed by atoms with Crippen molar-refractivity contribution in [2.45, 2.75) is 13.5 Å². The fraction of sp³-hybridized carbons (Fsp3) is 0.267. The molecule has 9 nitrogen and oxygen atoms in total. The number of piperazine rings is 1. The van der Waals surface area contributed by atoms with Gasteiger partial charge < -0.3 is 19.3 Å². The molecule has 0 N–H and O–H groups in total. The zero-order chi connectivity index (χ0) is 28.7. The van der Waals surface area contributed by atoms with Crippen molar-refractivity contribution < 1.29 is 14.3 Å². The van der Waals surface area contributed by atoms with E-state index in [-0.39, 0.29) is 23.8 Å². The number of thioether (sulfide) groups is 1. The Balaban J connectivity index is 1.32. The number of aromatic nitrogens is 1. The van der Waals surface area contributed by atoms with Gasteiger partial charge in [0.1, 0.15) is 21.8 Å². The smallest absolute Gasteiger partial charge is 0.270 e. The largest absolute Gasteiger partial charge is 0.454 e. The van der Waals surface area contributed by atoms with Crippen molar-refractivity contribution in [3.63, 3.8) is 0 Å². The van der Waals surface area contributed by atoms with Gasteiger partial charge >= 0.3 is 0 Å². The number of nitriles is 1. The molecule has 2 saturated heterocycles. The van der Waals surface area contributed by atoms with Gasteiger partial charge in [0, 0.05) is 44.5 Å². The lowest BCUT2D eigenvalue weighted by Gasteiger charge is -2.38. The lowest BCUT2D eigenvalue weighted by Crippen LogP contribution is -2.48. The maximum absolute atomic E-state index is 13.6. The fourth-order valence-electron chi connectivity index (χ4n) is 5.40. The summed E-state index contributed by atoms with van der Waals surface area (Å²) >= 11 is 6.83. The number of rotatable bonds is 5. The molecule has 208 valence electrons. The Hall–Kier alpha value is -4.27. The van der Waals surface area contributed by atoms with E-state index in [9.17, 15) is 14.9 Å². The second-order valence-corrected chi connectivity index (χ2v) is 11.7. The predicted molar refractivity (Wildman–Crippen MR) is 163 cm³/mol. The van der Waals surface area contributed by atoms with Crippen LogP contribution in [0.15, 0.2) is 58.2 Å². The van der Waals surface area contributed by atoms with Crippen molar-refractivity contribution in [3.8, 4) is 17.6 Å². The Bertz CT molecular complexity index is 1690. The summed E-state index contributed by atoms with van der Waals surface area (Å²) in [5, 5.41) is 9.81. The average molecular weight is 586 g/mol. The molecule has 1 aromatic heterocycles. The van der Waals surface area contributed by atoms with Crippen LogP contribution in [0.3, 0.4) is 0 Å². The molecule has 3 aromatic rings. The molecule has 11 heteroatoms. The number of thiocarbonyl (C=S) groups is 1. The molecule has 3 aliphatic heterocycles. The van der Waals surface area contributed by atoms with Crippen LogP contribution in [0.2, 0.25) is 0 Å². The molecule has 0 saturated carbocycles. The molecule has 2 aromatic carbocycles. The van der Waals surface area contributed by atoms with Crippen molar-refractivity contribution in [2.24, 2.45) is 7.05 Å². The van der Waals surface area contributed by atoms with Gasteiger partial charge in [-0.25, -0.2) is 0 Å². The maximum Gasteiger partial charge on any atom is 0.270 e. The molecule has 2 fully saturated rings. The molecular formula is C30H27N5O4S2. The van der Waals surface area contributed by atoms with E-state index in [4.69, 9.17) is 21.7 Å². The summed E-state index contributed by atoms with van der Waals surface area (Å²) in [6.45, 7) is 5.14. The summed E-state index contributed by atoms with van der Waals surface area (Å²) in [5.74, 6) is 1.80. The van der Waals surface area contributed by atoms with E-state index in [0.29, 0.717) is 57.3 Å². The SMILES string of the molecule is Cc1c(C=C2SC(=S)N(Cc3ccc4c(c3)OCO4)C2=O)c(N2CCN(c3ccccc3)CC2)n(C)c(=O)c1C#N. The van der Waals surface area contributed by atoms with E-state index in [1.54, 1.807) is 24.9 Å². The first-order valence-corrected chi connectivity index (χ1v) is 14.4. The average Bonchev–Trinajstić information content (AvgIpc) is 3.56. The molecule has 0 bridgehead atoms. The molecule has 3 aliphatic rings. The van der Waals surface area contributed by atoms with Crippen LogP contribution < -0.4 is 24.8 Å². The number of hydrogen-bond donors (Lipinski definition) is 0. The third-order valence-electron chi connectivity index (χ3n) is 7.60. The summed E-state index contributed by atoms with van der Waals surface area (Å²) in [6, 6.07) is 17.9. The van der Waals surface area contributed by atoms with E-state index in [1.807, 2.05) is 36.4 Å². The Morgan fingerprint density at radius 3 is 2.46 bits per heavy atom. The Morgan fingerprint density at radius 2 is 1.73 bits per heavy atom. The molecule has 6 rings (SSSR count). The third-order valence-corrected chi connectivity index (χ3v) is 8.97. The van der Waals surface area contributed by atoms with E-state index >= 15 is 0 Å². The molecule has 0 spiro atoms. The second kappa shape index (κ2) is 11.0. The van der Waals surface area contributed by atoms with Crippen LogP contribution in [-0.2, 0) is 18.4 Å². The molecule has 1 amide bonds. The van der Waals surface area contributed by atoms with Crippen molar-refractivity contribution in [1.29, 1.82) is 5.26 Å². The lowest BCUT2D eigenvalue weighted by atomic mass is 10.0. The molecule has 4 heterocycles. The van der Waals surface area contributed by atoms with Gasteiger partial charge in [-0.3, -0.25) is 19.1 Å². The molecule has 0 aliphatic carbocycles. The minimum absolute atomic E-state index is 0.0706. The first-order chi connectivity index (χ1) is 19.9. The van der Waals surface area contributed by atoms with Gasteiger partial charge in [-0.15, -0.1) is 0 Å². The summed E-state index contributed by atoms with van der Waals surface area (Å²) < 4.78 is 12.8. The summed E-state index contributed by atoms with van der Waals surface area (Å²) in [4.78, 5) is 33.3. The number of anilines is 2. The minimum atomic E-state index is -0.349. The van der Waals surface area contributed by atoms with Gasteiger partial charge in [0.15, 0.2) is 11.5 Å². The predicted octanol–water partition coefficient (Wildman–Crippen LogP) is 4.02. The van der Waals surface area contributed by atoms with Crippen LogP contribution in [0, 0.1) is 18.3 Å². The van der Waals surface area contributed by atoms with E-state index in [2.05, 4.69) is 28.0 Å². The van der Waals surface area contributed by atoms with Crippen molar-refractivity contribution >= 4 is 51.8 Å². The number of carbonyl (C=O) groups is 1. The molecular weight excluding hydrogens is 558 g/mol. The number of para-hydroxylation sites is 1. The topological polar surface area (TPSA) is 91.0 Å². The highest BCUT2D eigenvalue weighted by Gasteiger charge is 2.34.